The summed E-state index contributed by atoms with van der Waals surface area (Å²) in [6, 6.07) is 7.13. The Labute approximate surface area is 88.5 Å². The van der Waals surface area contributed by atoms with Crippen molar-refractivity contribution < 1.29 is 0 Å². The average Bonchev–Trinajstić information content (AvgIpc) is 2.21. The molecule has 1 aromatic carbocycles. The molecule has 14 heavy (non-hydrogen) atoms. The van der Waals surface area contributed by atoms with Gasteiger partial charge in [0.25, 0.3) is 0 Å². The van der Waals surface area contributed by atoms with Gasteiger partial charge in [-0.1, -0.05) is 17.5 Å². The zero-order valence-electron chi connectivity index (χ0n) is 7.76. The lowest BCUT2D eigenvalue weighted by Crippen LogP contribution is -1.99. The Bertz CT molecular complexity index is 421. The first-order valence-corrected chi connectivity index (χ1v) is 4.49. The fourth-order valence-corrected chi connectivity index (χ4v) is 1.14. The minimum absolute atomic E-state index is 0.533. The van der Waals surface area contributed by atoms with Crippen molar-refractivity contribution in [2.24, 2.45) is 0 Å². The van der Waals surface area contributed by atoms with Gasteiger partial charge in [0.1, 0.15) is 0 Å². The van der Waals surface area contributed by atoms with E-state index in [1.807, 2.05) is 0 Å². The van der Waals surface area contributed by atoms with Crippen LogP contribution in [-0.2, 0) is 0 Å². The SMILES string of the molecule is CC#CCNc1cc(C#N)ccc1Cl. The van der Waals surface area contributed by atoms with E-state index in [1.54, 1.807) is 25.1 Å². The first kappa shape index (κ1) is 10.4. The van der Waals surface area contributed by atoms with Crippen molar-refractivity contribution in [1.29, 1.82) is 5.26 Å². The molecule has 0 saturated carbocycles. The molecule has 0 bridgehead atoms. The van der Waals surface area contributed by atoms with Crippen LogP contribution in [0.5, 0.6) is 0 Å². The van der Waals surface area contributed by atoms with Gasteiger partial charge in [-0.15, -0.1) is 5.92 Å². The predicted octanol–water partition coefficient (Wildman–Crippen LogP) is 2.65. The van der Waals surface area contributed by atoms with Crippen molar-refractivity contribution in [1.82, 2.24) is 0 Å². The third-order valence-corrected chi connectivity index (χ3v) is 1.97. The standard InChI is InChI=1S/C11H9ClN2/c1-2-3-6-14-11-7-9(8-13)4-5-10(11)12/h4-5,7,14H,6H2,1H3. The Balaban J connectivity index is 2.83. The van der Waals surface area contributed by atoms with E-state index in [4.69, 9.17) is 16.9 Å². The summed E-state index contributed by atoms with van der Waals surface area (Å²) in [6.07, 6.45) is 0. The van der Waals surface area contributed by atoms with Crippen LogP contribution in [0.4, 0.5) is 5.69 Å². The van der Waals surface area contributed by atoms with Gasteiger partial charge in [-0.05, 0) is 25.1 Å². The number of benzene rings is 1. The molecule has 0 fully saturated rings. The number of nitrogens with one attached hydrogen (secondary N) is 1. The van der Waals surface area contributed by atoms with E-state index in [0.717, 1.165) is 5.69 Å². The van der Waals surface area contributed by atoms with Gasteiger partial charge >= 0.3 is 0 Å². The molecule has 0 saturated heterocycles. The second-order valence-corrected chi connectivity index (χ2v) is 2.99. The van der Waals surface area contributed by atoms with Crippen LogP contribution >= 0.6 is 11.6 Å². The normalized spacial score (nSPS) is 8.36. The summed E-state index contributed by atoms with van der Waals surface area (Å²) in [5.41, 5.74) is 1.33. The summed E-state index contributed by atoms with van der Waals surface area (Å²) in [6.45, 7) is 2.31. The van der Waals surface area contributed by atoms with Gasteiger partial charge in [0.15, 0.2) is 0 Å². The molecular weight excluding hydrogens is 196 g/mol. The van der Waals surface area contributed by atoms with Crippen LogP contribution in [0.2, 0.25) is 5.02 Å². The molecule has 2 nitrogen and oxygen atoms in total. The second-order valence-electron chi connectivity index (χ2n) is 2.59. The fourth-order valence-electron chi connectivity index (χ4n) is 0.958. The third kappa shape index (κ3) is 2.69. The van der Waals surface area contributed by atoms with Gasteiger partial charge in [-0.2, -0.15) is 5.26 Å². The molecule has 0 amide bonds. The van der Waals surface area contributed by atoms with Crippen molar-refractivity contribution in [2.45, 2.75) is 6.92 Å². The molecule has 0 aromatic heterocycles. The molecular formula is C11H9ClN2. The van der Waals surface area contributed by atoms with Crippen LogP contribution in [0.25, 0.3) is 0 Å². The highest BCUT2D eigenvalue weighted by atomic mass is 35.5. The number of rotatable bonds is 2. The van der Waals surface area contributed by atoms with Crippen LogP contribution in [-0.4, -0.2) is 6.54 Å². The fraction of sp³-hybridized carbons (Fsp3) is 0.182. The summed E-state index contributed by atoms with van der Waals surface area (Å²) in [4.78, 5) is 0. The number of nitriles is 1. The predicted molar refractivity (Wildman–Crippen MR) is 58.1 cm³/mol. The molecule has 0 aliphatic carbocycles. The van der Waals surface area contributed by atoms with E-state index >= 15 is 0 Å². The van der Waals surface area contributed by atoms with Gasteiger partial charge in [0, 0.05) is 0 Å². The topological polar surface area (TPSA) is 35.8 Å². The van der Waals surface area contributed by atoms with Gasteiger partial charge in [0.2, 0.25) is 0 Å². The molecule has 0 unspecified atom stereocenters. The zero-order chi connectivity index (χ0) is 10.4. The summed E-state index contributed by atoms with van der Waals surface area (Å²) in [5.74, 6) is 5.62. The third-order valence-electron chi connectivity index (χ3n) is 1.64. The van der Waals surface area contributed by atoms with Gasteiger partial charge in [0.05, 0.1) is 28.9 Å². The molecule has 3 heteroatoms. The number of halogens is 1. The van der Waals surface area contributed by atoms with Crippen LogP contribution in [0.3, 0.4) is 0 Å². The van der Waals surface area contributed by atoms with E-state index in [0.29, 0.717) is 17.1 Å². The number of nitrogens with zero attached hydrogens (tertiary/aromatic N) is 1. The number of anilines is 1. The molecule has 0 aliphatic heterocycles. The van der Waals surface area contributed by atoms with Gasteiger partial charge in [-0.3, -0.25) is 0 Å². The Morgan fingerprint density at radius 1 is 1.50 bits per heavy atom. The van der Waals surface area contributed by atoms with E-state index in [-0.39, 0.29) is 0 Å². The zero-order valence-corrected chi connectivity index (χ0v) is 8.52. The Hall–Kier alpha value is -1.64. The monoisotopic (exact) mass is 204 g/mol. The first-order chi connectivity index (χ1) is 6.77. The van der Waals surface area contributed by atoms with Crippen LogP contribution < -0.4 is 5.32 Å². The van der Waals surface area contributed by atoms with Crippen LogP contribution in [0.15, 0.2) is 18.2 Å². The Morgan fingerprint density at radius 2 is 2.29 bits per heavy atom. The molecule has 0 aliphatic rings. The summed E-state index contributed by atoms with van der Waals surface area (Å²) < 4.78 is 0. The van der Waals surface area contributed by atoms with E-state index in [2.05, 4.69) is 23.2 Å². The minimum atomic E-state index is 0.533. The smallest absolute Gasteiger partial charge is 0.0992 e. The van der Waals surface area contributed by atoms with Crippen molar-refractivity contribution >= 4 is 17.3 Å². The molecule has 1 rings (SSSR count). The summed E-state index contributed by atoms with van der Waals surface area (Å²) in [5, 5.41) is 12.3. The highest BCUT2D eigenvalue weighted by Crippen LogP contribution is 2.22. The van der Waals surface area contributed by atoms with Crippen molar-refractivity contribution in [3.05, 3.63) is 28.8 Å². The Kier molecular flexibility index (Phi) is 3.85. The number of hydrogen-bond donors (Lipinski definition) is 1. The van der Waals surface area contributed by atoms with Crippen molar-refractivity contribution in [3.8, 4) is 17.9 Å². The molecule has 0 atom stereocenters. The van der Waals surface area contributed by atoms with Crippen LogP contribution in [0, 0.1) is 23.2 Å². The minimum Gasteiger partial charge on any atom is -0.373 e. The summed E-state index contributed by atoms with van der Waals surface area (Å²) in [7, 11) is 0. The maximum absolute atomic E-state index is 8.68. The molecule has 0 heterocycles. The highest BCUT2D eigenvalue weighted by molar-refractivity contribution is 6.33. The largest absolute Gasteiger partial charge is 0.373 e. The van der Waals surface area contributed by atoms with E-state index < -0.39 is 0 Å². The van der Waals surface area contributed by atoms with Crippen molar-refractivity contribution in [3.63, 3.8) is 0 Å². The summed E-state index contributed by atoms with van der Waals surface area (Å²) >= 11 is 5.91. The van der Waals surface area contributed by atoms with E-state index in [9.17, 15) is 0 Å². The quantitative estimate of drug-likeness (QED) is 0.752. The Morgan fingerprint density at radius 3 is 2.93 bits per heavy atom. The molecule has 70 valence electrons. The molecule has 0 spiro atoms. The maximum atomic E-state index is 8.68. The van der Waals surface area contributed by atoms with Gasteiger partial charge < -0.3 is 5.32 Å². The lowest BCUT2D eigenvalue weighted by molar-refractivity contribution is 1.37. The van der Waals surface area contributed by atoms with Gasteiger partial charge in [-0.25, -0.2) is 0 Å². The molecule has 1 aromatic rings. The number of hydrogen-bond acceptors (Lipinski definition) is 2. The van der Waals surface area contributed by atoms with Crippen LogP contribution in [0.1, 0.15) is 12.5 Å². The lowest BCUT2D eigenvalue weighted by atomic mass is 10.2. The second kappa shape index (κ2) is 5.17. The molecule has 0 radical (unpaired) electrons. The maximum Gasteiger partial charge on any atom is 0.0992 e. The lowest BCUT2D eigenvalue weighted by Gasteiger charge is -2.04. The average molecular weight is 205 g/mol. The highest BCUT2D eigenvalue weighted by Gasteiger charge is 1.99. The first-order valence-electron chi connectivity index (χ1n) is 4.11. The van der Waals surface area contributed by atoms with Crippen molar-refractivity contribution in [2.75, 3.05) is 11.9 Å². The van der Waals surface area contributed by atoms with E-state index in [1.165, 1.54) is 0 Å². The molecule has 1 N–H and O–H groups in total.